The molecule has 0 fully saturated rings. The van der Waals surface area contributed by atoms with Crippen LogP contribution in [0.25, 0.3) is 0 Å². The number of pyridine rings is 1. The molecule has 3 nitrogen and oxygen atoms in total. The van der Waals surface area contributed by atoms with Gasteiger partial charge in [-0.15, -0.1) is 0 Å². The van der Waals surface area contributed by atoms with E-state index >= 15 is 0 Å². The van der Waals surface area contributed by atoms with Gasteiger partial charge in [0.1, 0.15) is 0 Å². The molecule has 14 heavy (non-hydrogen) atoms. The Kier molecular flexibility index (Phi) is 2.77. The maximum atomic E-state index is 4.39. The summed E-state index contributed by atoms with van der Waals surface area (Å²) in [5, 5.41) is 3.42. The molecule has 2 heterocycles. The highest BCUT2D eigenvalue weighted by atomic mass is 15.0. The van der Waals surface area contributed by atoms with Crippen LogP contribution in [-0.4, -0.2) is 17.4 Å². The van der Waals surface area contributed by atoms with Crippen LogP contribution < -0.4 is 5.32 Å². The zero-order valence-corrected chi connectivity index (χ0v) is 8.40. The molecule has 0 amide bonds. The molecule has 2 rings (SSSR count). The lowest BCUT2D eigenvalue weighted by molar-refractivity contribution is 0.708. The molecule has 1 aromatic rings. The number of amidine groups is 1. The first kappa shape index (κ1) is 9.19. The van der Waals surface area contributed by atoms with Crippen LogP contribution in [0, 0.1) is 0 Å². The van der Waals surface area contributed by atoms with E-state index in [4.69, 9.17) is 0 Å². The molecule has 1 aliphatic rings. The zero-order valence-electron chi connectivity index (χ0n) is 8.40. The average Bonchev–Trinajstić information content (AvgIpc) is 2.72. The van der Waals surface area contributed by atoms with Crippen molar-refractivity contribution in [2.75, 3.05) is 6.54 Å². The monoisotopic (exact) mass is 189 g/mol. The SMILES string of the molecule is C[C@@H](NC1=NCCC1)c1ccncc1. The standard InChI is InChI=1S/C11H15N3/c1-9(10-4-7-12-8-5-10)14-11-3-2-6-13-11/h4-5,7-9H,2-3,6H2,1H3,(H,13,14)/t9-/m1/s1. The van der Waals surface area contributed by atoms with Crippen LogP contribution >= 0.6 is 0 Å². The van der Waals surface area contributed by atoms with Crippen molar-refractivity contribution in [3.8, 4) is 0 Å². The normalized spacial score (nSPS) is 17.6. The highest BCUT2D eigenvalue weighted by molar-refractivity contribution is 5.83. The zero-order chi connectivity index (χ0) is 9.80. The first-order valence-corrected chi connectivity index (χ1v) is 5.06. The van der Waals surface area contributed by atoms with Gasteiger partial charge in [-0.05, 0) is 31.0 Å². The lowest BCUT2D eigenvalue weighted by atomic mass is 10.1. The van der Waals surface area contributed by atoms with Gasteiger partial charge in [0.05, 0.1) is 5.84 Å². The van der Waals surface area contributed by atoms with Crippen molar-refractivity contribution in [2.45, 2.75) is 25.8 Å². The Morgan fingerprint density at radius 3 is 2.79 bits per heavy atom. The summed E-state index contributed by atoms with van der Waals surface area (Å²) >= 11 is 0. The van der Waals surface area contributed by atoms with E-state index in [0.717, 1.165) is 18.8 Å². The topological polar surface area (TPSA) is 37.3 Å². The van der Waals surface area contributed by atoms with Gasteiger partial charge in [0.25, 0.3) is 0 Å². The number of aromatic nitrogens is 1. The number of rotatable bonds is 2. The summed E-state index contributed by atoms with van der Waals surface area (Å²) in [6, 6.07) is 4.40. The molecular formula is C11H15N3. The Labute approximate surface area is 84.3 Å². The van der Waals surface area contributed by atoms with Gasteiger partial charge in [0.15, 0.2) is 0 Å². The van der Waals surface area contributed by atoms with Crippen molar-refractivity contribution in [1.29, 1.82) is 0 Å². The van der Waals surface area contributed by atoms with Crippen LogP contribution in [0.3, 0.4) is 0 Å². The van der Waals surface area contributed by atoms with Gasteiger partial charge in [-0.1, -0.05) is 0 Å². The smallest absolute Gasteiger partial charge is 0.0968 e. The van der Waals surface area contributed by atoms with Gasteiger partial charge in [-0.25, -0.2) is 0 Å². The summed E-state index contributed by atoms with van der Waals surface area (Å²) in [7, 11) is 0. The Bertz CT molecular complexity index is 319. The maximum Gasteiger partial charge on any atom is 0.0968 e. The van der Waals surface area contributed by atoms with E-state index in [1.54, 1.807) is 0 Å². The summed E-state index contributed by atoms with van der Waals surface area (Å²) in [6.45, 7) is 3.13. The molecule has 74 valence electrons. The van der Waals surface area contributed by atoms with Gasteiger partial charge in [-0.3, -0.25) is 9.98 Å². The van der Waals surface area contributed by atoms with Gasteiger partial charge >= 0.3 is 0 Å². The molecular weight excluding hydrogens is 174 g/mol. The van der Waals surface area contributed by atoms with Crippen LogP contribution in [0.4, 0.5) is 0 Å². The minimum absolute atomic E-state index is 0.329. The predicted molar refractivity (Wildman–Crippen MR) is 57.3 cm³/mol. The number of nitrogens with zero attached hydrogens (tertiary/aromatic N) is 2. The molecule has 1 aromatic heterocycles. The van der Waals surface area contributed by atoms with Gasteiger partial charge in [-0.2, -0.15) is 0 Å². The fourth-order valence-electron chi connectivity index (χ4n) is 1.64. The molecule has 3 heteroatoms. The molecule has 0 aliphatic carbocycles. The molecule has 0 unspecified atom stereocenters. The maximum absolute atomic E-state index is 4.39. The third-order valence-electron chi connectivity index (χ3n) is 2.46. The van der Waals surface area contributed by atoms with Crippen molar-refractivity contribution < 1.29 is 0 Å². The van der Waals surface area contributed by atoms with Gasteiger partial charge in [0, 0.05) is 31.4 Å². The summed E-state index contributed by atoms with van der Waals surface area (Å²) in [6.07, 6.45) is 5.93. The molecule has 0 spiro atoms. The minimum Gasteiger partial charge on any atom is -0.367 e. The summed E-state index contributed by atoms with van der Waals surface area (Å²) in [4.78, 5) is 8.39. The van der Waals surface area contributed by atoms with Crippen molar-refractivity contribution >= 4 is 5.84 Å². The summed E-state index contributed by atoms with van der Waals surface area (Å²) < 4.78 is 0. The number of hydrogen-bond donors (Lipinski definition) is 1. The lowest BCUT2D eigenvalue weighted by Crippen LogP contribution is -2.24. The Morgan fingerprint density at radius 1 is 1.36 bits per heavy atom. The molecule has 1 N–H and O–H groups in total. The molecule has 1 atom stereocenters. The molecule has 0 saturated heterocycles. The molecule has 0 bridgehead atoms. The number of nitrogens with one attached hydrogen (secondary N) is 1. The second-order valence-electron chi connectivity index (χ2n) is 3.58. The summed E-state index contributed by atoms with van der Waals surface area (Å²) in [5.74, 6) is 1.15. The number of aliphatic imine (C=N–C) groups is 1. The predicted octanol–water partition coefficient (Wildman–Crippen LogP) is 1.92. The molecule has 1 aliphatic heterocycles. The van der Waals surface area contributed by atoms with E-state index in [1.165, 1.54) is 12.0 Å². The largest absolute Gasteiger partial charge is 0.367 e. The van der Waals surface area contributed by atoms with E-state index in [0.29, 0.717) is 6.04 Å². The average molecular weight is 189 g/mol. The van der Waals surface area contributed by atoms with Crippen LogP contribution in [0.1, 0.15) is 31.4 Å². The first-order chi connectivity index (χ1) is 6.86. The van der Waals surface area contributed by atoms with Crippen molar-refractivity contribution in [3.05, 3.63) is 30.1 Å². The first-order valence-electron chi connectivity index (χ1n) is 5.06. The minimum atomic E-state index is 0.329. The van der Waals surface area contributed by atoms with Crippen molar-refractivity contribution in [1.82, 2.24) is 10.3 Å². The van der Waals surface area contributed by atoms with E-state index in [9.17, 15) is 0 Å². The second kappa shape index (κ2) is 4.22. The van der Waals surface area contributed by atoms with Crippen LogP contribution in [-0.2, 0) is 0 Å². The fourth-order valence-corrected chi connectivity index (χ4v) is 1.64. The van der Waals surface area contributed by atoms with Crippen LogP contribution in [0.2, 0.25) is 0 Å². The van der Waals surface area contributed by atoms with Crippen molar-refractivity contribution in [3.63, 3.8) is 0 Å². The van der Waals surface area contributed by atoms with Gasteiger partial charge < -0.3 is 5.32 Å². The second-order valence-corrected chi connectivity index (χ2v) is 3.58. The Balaban J connectivity index is 1.99. The summed E-state index contributed by atoms with van der Waals surface area (Å²) in [5.41, 5.74) is 1.26. The Morgan fingerprint density at radius 2 is 2.14 bits per heavy atom. The van der Waals surface area contributed by atoms with Crippen molar-refractivity contribution in [2.24, 2.45) is 4.99 Å². The quantitative estimate of drug-likeness (QED) is 0.771. The number of hydrogen-bond acceptors (Lipinski definition) is 3. The van der Waals surface area contributed by atoms with E-state index in [2.05, 4.69) is 22.2 Å². The van der Waals surface area contributed by atoms with E-state index in [1.807, 2.05) is 24.5 Å². The molecule has 0 aromatic carbocycles. The third kappa shape index (κ3) is 2.10. The molecule has 0 saturated carbocycles. The van der Waals surface area contributed by atoms with Crippen LogP contribution in [0.15, 0.2) is 29.5 Å². The lowest BCUT2D eigenvalue weighted by Gasteiger charge is -2.14. The van der Waals surface area contributed by atoms with E-state index < -0.39 is 0 Å². The van der Waals surface area contributed by atoms with E-state index in [-0.39, 0.29) is 0 Å². The van der Waals surface area contributed by atoms with Crippen LogP contribution in [0.5, 0.6) is 0 Å². The highest BCUT2D eigenvalue weighted by Gasteiger charge is 2.10. The highest BCUT2D eigenvalue weighted by Crippen LogP contribution is 2.12. The van der Waals surface area contributed by atoms with Gasteiger partial charge in [0.2, 0.25) is 0 Å². The Hall–Kier alpha value is -1.38. The molecule has 0 radical (unpaired) electrons. The fraction of sp³-hybridized carbons (Fsp3) is 0.455. The third-order valence-corrected chi connectivity index (χ3v) is 2.46.